The van der Waals surface area contributed by atoms with Crippen LogP contribution >= 0.6 is 0 Å². The maximum Gasteiger partial charge on any atom is 0.416 e. The lowest BCUT2D eigenvalue weighted by Gasteiger charge is -2.34. The summed E-state index contributed by atoms with van der Waals surface area (Å²) in [7, 11) is 0. The molecule has 6 heteroatoms. The highest BCUT2D eigenvalue weighted by molar-refractivity contribution is 5.48. The quantitative estimate of drug-likeness (QED) is 0.457. The number of hydrogen-bond acceptors (Lipinski definition) is 2. The van der Waals surface area contributed by atoms with Gasteiger partial charge in [-0.05, 0) is 49.2 Å². The minimum Gasteiger partial charge on any atom is -0.318 e. The van der Waals surface area contributed by atoms with Crippen molar-refractivity contribution in [1.29, 1.82) is 0 Å². The molecule has 1 aromatic heterocycles. The predicted molar refractivity (Wildman–Crippen MR) is 127 cm³/mol. The van der Waals surface area contributed by atoms with E-state index in [1.165, 1.54) is 23.3 Å². The van der Waals surface area contributed by atoms with Gasteiger partial charge in [0, 0.05) is 56.3 Å². The molecule has 2 aromatic carbocycles. The summed E-state index contributed by atoms with van der Waals surface area (Å²) in [6.45, 7) is 9.66. The second kappa shape index (κ2) is 9.98. The lowest BCUT2D eigenvalue weighted by molar-refractivity contribution is -0.137. The van der Waals surface area contributed by atoms with E-state index in [0.717, 1.165) is 56.7 Å². The van der Waals surface area contributed by atoms with E-state index in [9.17, 15) is 13.2 Å². The van der Waals surface area contributed by atoms with Gasteiger partial charge in [-0.2, -0.15) is 13.2 Å². The van der Waals surface area contributed by atoms with Crippen molar-refractivity contribution in [3.63, 3.8) is 0 Å². The lowest BCUT2D eigenvalue weighted by Crippen LogP contribution is -2.45. The van der Waals surface area contributed by atoms with Crippen molar-refractivity contribution in [3.05, 3.63) is 94.8 Å². The molecule has 33 heavy (non-hydrogen) atoms. The predicted octanol–water partition coefficient (Wildman–Crippen LogP) is 5.94. The molecule has 1 aliphatic heterocycles. The number of halogens is 3. The normalized spacial score (nSPS) is 16.0. The molecule has 0 amide bonds. The van der Waals surface area contributed by atoms with Crippen LogP contribution in [0.5, 0.6) is 0 Å². The van der Waals surface area contributed by atoms with Crippen molar-refractivity contribution < 1.29 is 13.2 Å². The van der Waals surface area contributed by atoms with Crippen molar-refractivity contribution in [1.82, 2.24) is 14.4 Å². The molecule has 174 valence electrons. The molecule has 0 radical (unpaired) electrons. The Balaban J connectivity index is 1.37. The number of hydrogen-bond donors (Lipinski definition) is 0. The molecule has 0 N–H and O–H groups in total. The first kappa shape index (κ1) is 23.3. The van der Waals surface area contributed by atoms with Gasteiger partial charge in [0.1, 0.15) is 0 Å². The summed E-state index contributed by atoms with van der Waals surface area (Å²) in [6, 6.07) is 18.0. The molecule has 0 spiro atoms. The topological polar surface area (TPSA) is 11.4 Å². The fraction of sp³-hybridized carbons (Fsp3) is 0.333. The third kappa shape index (κ3) is 5.75. The number of alkyl halides is 3. The van der Waals surface area contributed by atoms with Crippen molar-refractivity contribution in [3.8, 4) is 5.69 Å². The van der Waals surface area contributed by atoms with E-state index >= 15 is 0 Å². The number of rotatable bonds is 6. The maximum atomic E-state index is 13.2. The zero-order chi connectivity index (χ0) is 23.4. The molecule has 0 unspecified atom stereocenters. The van der Waals surface area contributed by atoms with Crippen LogP contribution in [0.1, 0.15) is 28.1 Å². The molecule has 1 aliphatic rings. The van der Waals surface area contributed by atoms with Crippen molar-refractivity contribution >= 4 is 6.08 Å². The summed E-state index contributed by atoms with van der Waals surface area (Å²) in [5.74, 6) is 0. The van der Waals surface area contributed by atoms with Crippen LogP contribution in [0.3, 0.4) is 0 Å². The molecule has 3 nitrogen and oxygen atoms in total. The maximum absolute atomic E-state index is 13.2. The number of benzene rings is 2. The van der Waals surface area contributed by atoms with E-state index in [-0.39, 0.29) is 0 Å². The summed E-state index contributed by atoms with van der Waals surface area (Å²) >= 11 is 0. The smallest absolute Gasteiger partial charge is 0.318 e. The summed E-state index contributed by atoms with van der Waals surface area (Å²) < 4.78 is 41.4. The van der Waals surface area contributed by atoms with Crippen molar-refractivity contribution in [2.45, 2.75) is 26.6 Å². The van der Waals surface area contributed by atoms with E-state index < -0.39 is 11.7 Å². The van der Waals surface area contributed by atoms with Gasteiger partial charge < -0.3 is 4.57 Å². The average molecular weight is 454 g/mol. The van der Waals surface area contributed by atoms with Crippen LogP contribution in [0.25, 0.3) is 11.8 Å². The SMILES string of the molecule is Cc1cc(CN2CCN(C/C=C/c3ccccc3)CC2)c(C)n1-c1cccc(C(F)(F)F)c1. The molecule has 2 heterocycles. The molecule has 1 fully saturated rings. The lowest BCUT2D eigenvalue weighted by atomic mass is 10.2. The van der Waals surface area contributed by atoms with Gasteiger partial charge in [-0.1, -0.05) is 48.6 Å². The number of nitrogens with zero attached hydrogens (tertiary/aromatic N) is 3. The molecular weight excluding hydrogens is 423 g/mol. The van der Waals surface area contributed by atoms with Gasteiger partial charge in [0.15, 0.2) is 0 Å². The van der Waals surface area contributed by atoms with E-state index in [4.69, 9.17) is 0 Å². The Morgan fingerprint density at radius 2 is 1.55 bits per heavy atom. The Kier molecular flexibility index (Phi) is 7.05. The van der Waals surface area contributed by atoms with Gasteiger partial charge in [-0.3, -0.25) is 9.80 Å². The van der Waals surface area contributed by atoms with Crippen LogP contribution < -0.4 is 0 Å². The zero-order valence-electron chi connectivity index (χ0n) is 19.1. The largest absolute Gasteiger partial charge is 0.416 e. The zero-order valence-corrected chi connectivity index (χ0v) is 19.1. The molecule has 0 saturated carbocycles. The number of aryl methyl sites for hydroxylation is 1. The van der Waals surface area contributed by atoms with Gasteiger partial charge in [-0.15, -0.1) is 0 Å². The van der Waals surface area contributed by atoms with Crippen molar-refractivity contribution in [2.75, 3.05) is 32.7 Å². The Bertz CT molecular complexity index is 1090. The summed E-state index contributed by atoms with van der Waals surface area (Å²) in [6.07, 6.45) is 0.0342. The molecule has 3 aromatic rings. The van der Waals surface area contributed by atoms with Crippen LogP contribution in [-0.2, 0) is 12.7 Å². The Labute approximate surface area is 193 Å². The number of aromatic nitrogens is 1. The fourth-order valence-corrected chi connectivity index (χ4v) is 4.48. The minimum atomic E-state index is -4.34. The van der Waals surface area contributed by atoms with Gasteiger partial charge in [0.25, 0.3) is 0 Å². The highest BCUT2D eigenvalue weighted by atomic mass is 19.4. The molecule has 0 aliphatic carbocycles. The van der Waals surface area contributed by atoms with Crippen LogP contribution in [0.15, 0.2) is 66.7 Å². The van der Waals surface area contributed by atoms with E-state index in [2.05, 4.69) is 40.2 Å². The van der Waals surface area contributed by atoms with Gasteiger partial charge in [0.05, 0.1) is 5.56 Å². The molecule has 1 saturated heterocycles. The third-order valence-electron chi connectivity index (χ3n) is 6.30. The van der Waals surface area contributed by atoms with Gasteiger partial charge >= 0.3 is 6.18 Å². The first-order valence-corrected chi connectivity index (χ1v) is 11.3. The van der Waals surface area contributed by atoms with Crippen LogP contribution in [0.2, 0.25) is 0 Å². The Morgan fingerprint density at radius 1 is 0.848 bits per heavy atom. The molecule has 0 atom stereocenters. The Morgan fingerprint density at radius 3 is 2.24 bits per heavy atom. The summed E-state index contributed by atoms with van der Waals surface area (Å²) in [4.78, 5) is 4.87. The van der Waals surface area contributed by atoms with Gasteiger partial charge in [0.2, 0.25) is 0 Å². The third-order valence-corrected chi connectivity index (χ3v) is 6.30. The molecule has 4 rings (SSSR count). The fourth-order valence-electron chi connectivity index (χ4n) is 4.48. The highest BCUT2D eigenvalue weighted by Crippen LogP contribution is 2.31. The average Bonchev–Trinajstić information content (AvgIpc) is 3.08. The second-order valence-electron chi connectivity index (χ2n) is 8.67. The van der Waals surface area contributed by atoms with E-state index in [0.29, 0.717) is 5.69 Å². The Hall–Kier alpha value is -2.83. The van der Waals surface area contributed by atoms with Crippen LogP contribution in [0, 0.1) is 13.8 Å². The first-order chi connectivity index (χ1) is 15.8. The molecule has 0 bridgehead atoms. The van der Waals surface area contributed by atoms with E-state index in [1.807, 2.05) is 36.6 Å². The first-order valence-electron chi connectivity index (χ1n) is 11.3. The van der Waals surface area contributed by atoms with Crippen LogP contribution in [0.4, 0.5) is 13.2 Å². The monoisotopic (exact) mass is 453 g/mol. The standard InChI is InChI=1S/C27H30F3N3/c1-21-18-24(22(2)33(21)26-12-6-11-25(19-26)27(28,29)30)20-32-16-14-31(15-17-32)13-7-10-23-8-4-3-5-9-23/h3-12,18-19H,13-17,20H2,1-2H3/b10-7+. The van der Waals surface area contributed by atoms with Crippen LogP contribution in [-0.4, -0.2) is 47.1 Å². The summed E-state index contributed by atoms with van der Waals surface area (Å²) in [5.41, 5.74) is 4.27. The number of piperazine rings is 1. The van der Waals surface area contributed by atoms with E-state index in [1.54, 1.807) is 6.07 Å². The highest BCUT2D eigenvalue weighted by Gasteiger charge is 2.30. The summed E-state index contributed by atoms with van der Waals surface area (Å²) in [5, 5.41) is 0. The molecular formula is C27H30F3N3. The van der Waals surface area contributed by atoms with Gasteiger partial charge in [-0.25, -0.2) is 0 Å². The van der Waals surface area contributed by atoms with Crippen molar-refractivity contribution in [2.24, 2.45) is 0 Å². The minimum absolute atomic E-state index is 0.557. The second-order valence-corrected chi connectivity index (χ2v) is 8.67.